The number of phenolic OH excluding ortho intramolecular Hbond substituents is 1. The number of anilines is 2. The number of nitrogens with zero attached hydrogens (tertiary/aromatic N) is 3. The largest absolute Gasteiger partial charge is 0.508 e. The predicted octanol–water partition coefficient (Wildman–Crippen LogP) is 2.86. The minimum Gasteiger partial charge on any atom is -0.508 e. The van der Waals surface area contributed by atoms with E-state index in [2.05, 4.69) is 14.9 Å². The van der Waals surface area contributed by atoms with Crippen molar-refractivity contribution < 1.29 is 27.6 Å². The first-order valence-electron chi connectivity index (χ1n) is 9.01. The highest BCUT2D eigenvalue weighted by Crippen LogP contribution is 2.42. The molecule has 0 unspecified atom stereocenters. The molecule has 160 valence electrons. The number of rotatable bonds is 3. The molecule has 0 aliphatic carbocycles. The molecule has 2 aromatic carbocycles. The van der Waals surface area contributed by atoms with Crippen LogP contribution in [0, 0.1) is 6.92 Å². The van der Waals surface area contributed by atoms with Gasteiger partial charge in [0.05, 0.1) is 26.0 Å². The molecule has 1 aromatic heterocycles. The van der Waals surface area contributed by atoms with Crippen LogP contribution in [0.5, 0.6) is 17.2 Å². The maximum atomic E-state index is 9.86. The van der Waals surface area contributed by atoms with Crippen LogP contribution in [0.25, 0.3) is 10.9 Å². The third-order valence-corrected chi connectivity index (χ3v) is 4.61. The molecule has 2 heterocycles. The lowest BCUT2D eigenvalue weighted by Crippen LogP contribution is -2.16. The fourth-order valence-corrected chi connectivity index (χ4v) is 3.55. The van der Waals surface area contributed by atoms with Crippen LogP contribution in [-0.2, 0) is 16.5 Å². The van der Waals surface area contributed by atoms with Crippen LogP contribution < -0.4 is 14.4 Å². The molecule has 0 radical (unpaired) electrons. The Morgan fingerprint density at radius 3 is 2.33 bits per heavy atom. The minimum atomic E-state index is -3.67. The van der Waals surface area contributed by atoms with E-state index in [1.165, 1.54) is 0 Å². The van der Waals surface area contributed by atoms with E-state index in [1.807, 2.05) is 25.1 Å². The van der Waals surface area contributed by atoms with E-state index in [0.717, 1.165) is 46.5 Å². The topological polar surface area (TPSA) is 122 Å². The molecule has 4 rings (SSSR count). The van der Waals surface area contributed by atoms with E-state index in [0.29, 0.717) is 23.5 Å². The molecular weight excluding hydrogens is 410 g/mol. The number of hydrogen-bond donors (Lipinski definition) is 2. The third-order valence-electron chi connectivity index (χ3n) is 4.61. The van der Waals surface area contributed by atoms with Gasteiger partial charge in [0.2, 0.25) is 0 Å². The lowest BCUT2D eigenvalue weighted by atomic mass is 10.1. The Kier molecular flexibility index (Phi) is 5.99. The van der Waals surface area contributed by atoms with Gasteiger partial charge in [-0.2, -0.15) is 8.42 Å². The van der Waals surface area contributed by atoms with E-state index in [4.69, 9.17) is 14.0 Å². The van der Waals surface area contributed by atoms with Crippen LogP contribution in [0.3, 0.4) is 0 Å². The molecule has 9 nitrogen and oxygen atoms in total. The van der Waals surface area contributed by atoms with Gasteiger partial charge in [0.15, 0.2) is 11.5 Å². The molecule has 0 saturated carbocycles. The zero-order chi connectivity index (χ0) is 22.1. The van der Waals surface area contributed by atoms with Gasteiger partial charge >= 0.3 is 0 Å². The van der Waals surface area contributed by atoms with Gasteiger partial charge < -0.3 is 19.5 Å². The molecule has 0 amide bonds. The highest BCUT2D eigenvalue weighted by molar-refractivity contribution is 7.85. The molecule has 2 N–H and O–H groups in total. The molecule has 1 aliphatic rings. The maximum Gasteiger partial charge on any atom is 0.261 e. The zero-order valence-electron chi connectivity index (χ0n) is 17.1. The molecule has 30 heavy (non-hydrogen) atoms. The molecular formula is C20H23N3O6S. The van der Waals surface area contributed by atoms with Crippen molar-refractivity contribution in [3.05, 3.63) is 41.7 Å². The Bertz CT molecular complexity index is 1190. The maximum absolute atomic E-state index is 9.86. The molecule has 0 fully saturated rings. The van der Waals surface area contributed by atoms with E-state index in [-0.39, 0.29) is 0 Å². The summed E-state index contributed by atoms with van der Waals surface area (Å²) in [5.74, 6) is 2.42. The number of fused-ring (bicyclic) bond motifs is 2. The van der Waals surface area contributed by atoms with Crippen molar-refractivity contribution in [2.24, 2.45) is 0 Å². The number of aromatic hydroxyl groups is 1. The van der Waals surface area contributed by atoms with Crippen molar-refractivity contribution in [1.29, 1.82) is 0 Å². The Morgan fingerprint density at radius 1 is 1.07 bits per heavy atom. The fourth-order valence-electron chi connectivity index (χ4n) is 3.55. The molecule has 3 aromatic rings. The second-order valence-corrected chi connectivity index (χ2v) is 8.29. The summed E-state index contributed by atoms with van der Waals surface area (Å²) in [5, 5.41) is 10.8. The highest BCUT2D eigenvalue weighted by atomic mass is 32.2. The van der Waals surface area contributed by atoms with Gasteiger partial charge in [0, 0.05) is 23.7 Å². The highest BCUT2D eigenvalue weighted by Gasteiger charge is 2.26. The van der Waals surface area contributed by atoms with Crippen LogP contribution in [0.4, 0.5) is 11.5 Å². The smallest absolute Gasteiger partial charge is 0.261 e. The fraction of sp³-hybridized carbons (Fsp3) is 0.300. The number of benzene rings is 2. The Balaban J connectivity index is 0.000000461. The van der Waals surface area contributed by atoms with Crippen LogP contribution in [-0.4, -0.2) is 55.1 Å². The summed E-state index contributed by atoms with van der Waals surface area (Å²) >= 11 is 0. The van der Waals surface area contributed by atoms with Crippen LogP contribution in [0.1, 0.15) is 11.1 Å². The molecule has 10 heteroatoms. The number of methoxy groups -OCH3 is 2. The lowest BCUT2D eigenvalue weighted by Gasteiger charge is -2.22. The van der Waals surface area contributed by atoms with Gasteiger partial charge in [0.1, 0.15) is 17.9 Å². The van der Waals surface area contributed by atoms with Gasteiger partial charge in [-0.3, -0.25) is 4.55 Å². The first kappa shape index (κ1) is 21.6. The molecule has 0 saturated heterocycles. The van der Waals surface area contributed by atoms with Crippen molar-refractivity contribution in [2.75, 3.05) is 31.9 Å². The van der Waals surface area contributed by atoms with E-state index in [1.54, 1.807) is 26.6 Å². The second kappa shape index (κ2) is 8.33. The summed E-state index contributed by atoms with van der Waals surface area (Å²) < 4.78 is 36.7. The van der Waals surface area contributed by atoms with Gasteiger partial charge in [-0.25, -0.2) is 9.97 Å². The summed E-state index contributed by atoms with van der Waals surface area (Å²) in [6, 6.07) is 7.39. The minimum absolute atomic E-state index is 0.303. The van der Waals surface area contributed by atoms with Crippen LogP contribution in [0.15, 0.2) is 30.6 Å². The standard InChI is InChI=1S/C19H19N3O3.CH4O3S/c1-11-6-13(23)7-12-4-5-22(18(11)12)19-14-8-16(24-2)17(25-3)9-15(14)20-10-21-19;1-5(2,3)4/h6-10,23H,4-5H2,1-3H3;1H3,(H,2,3,4). The number of aromatic nitrogens is 2. The average Bonchev–Trinajstić information content (AvgIpc) is 3.08. The number of ether oxygens (including phenoxy) is 2. The average molecular weight is 433 g/mol. The van der Waals surface area contributed by atoms with Crippen molar-refractivity contribution >= 4 is 32.5 Å². The van der Waals surface area contributed by atoms with E-state index < -0.39 is 10.1 Å². The Hall–Kier alpha value is -3.11. The van der Waals surface area contributed by atoms with Gasteiger partial charge in [-0.1, -0.05) is 0 Å². The first-order chi connectivity index (χ1) is 14.1. The number of aryl methyl sites for hydroxylation is 1. The SMILES string of the molecule is COc1cc2ncnc(N3CCc4cc(O)cc(C)c43)c2cc1OC.CS(=O)(=O)O. The van der Waals surface area contributed by atoms with Crippen LogP contribution >= 0.6 is 0 Å². The summed E-state index contributed by atoms with van der Waals surface area (Å²) in [7, 11) is -0.441. The Labute approximate surface area is 174 Å². The summed E-state index contributed by atoms with van der Waals surface area (Å²) in [5.41, 5.74) is 4.06. The Morgan fingerprint density at radius 2 is 1.70 bits per heavy atom. The van der Waals surface area contributed by atoms with Crippen molar-refractivity contribution in [3.63, 3.8) is 0 Å². The number of hydrogen-bond acceptors (Lipinski definition) is 8. The molecule has 0 bridgehead atoms. The number of phenols is 1. The monoisotopic (exact) mass is 433 g/mol. The molecule has 0 spiro atoms. The summed E-state index contributed by atoms with van der Waals surface area (Å²) in [4.78, 5) is 11.1. The van der Waals surface area contributed by atoms with Crippen molar-refractivity contribution in [1.82, 2.24) is 9.97 Å². The van der Waals surface area contributed by atoms with E-state index in [9.17, 15) is 13.5 Å². The predicted molar refractivity (Wildman–Crippen MR) is 114 cm³/mol. The third kappa shape index (κ3) is 4.55. The molecule has 0 atom stereocenters. The first-order valence-corrected chi connectivity index (χ1v) is 10.9. The van der Waals surface area contributed by atoms with Crippen LogP contribution in [0.2, 0.25) is 0 Å². The van der Waals surface area contributed by atoms with Crippen molar-refractivity contribution in [2.45, 2.75) is 13.3 Å². The lowest BCUT2D eigenvalue weighted by molar-refractivity contribution is 0.356. The normalized spacial score (nSPS) is 12.9. The summed E-state index contributed by atoms with van der Waals surface area (Å²) in [6.45, 7) is 2.81. The summed E-state index contributed by atoms with van der Waals surface area (Å²) in [6.07, 6.45) is 3.15. The van der Waals surface area contributed by atoms with Crippen molar-refractivity contribution in [3.8, 4) is 17.2 Å². The van der Waals surface area contributed by atoms with Gasteiger partial charge in [-0.05, 0) is 42.7 Å². The van der Waals surface area contributed by atoms with Gasteiger partial charge in [0.25, 0.3) is 10.1 Å². The quantitative estimate of drug-likeness (QED) is 0.600. The second-order valence-electron chi connectivity index (χ2n) is 6.83. The van der Waals surface area contributed by atoms with Gasteiger partial charge in [-0.15, -0.1) is 0 Å². The molecule has 1 aliphatic heterocycles. The van der Waals surface area contributed by atoms with E-state index >= 15 is 0 Å². The zero-order valence-corrected chi connectivity index (χ0v) is 17.9.